The summed E-state index contributed by atoms with van der Waals surface area (Å²) >= 11 is 1.38. The lowest BCUT2D eigenvalue weighted by Gasteiger charge is -2.08. The van der Waals surface area contributed by atoms with E-state index < -0.39 is 5.97 Å². The minimum Gasteiger partial charge on any atom is -0.507 e. The molecule has 0 aliphatic carbocycles. The molecule has 2 N–H and O–H groups in total. The number of aryl methyl sites for hydroxylation is 2. The molecule has 0 saturated heterocycles. The summed E-state index contributed by atoms with van der Waals surface area (Å²) in [6.45, 7) is 3.59. The van der Waals surface area contributed by atoms with E-state index in [0.717, 1.165) is 21.5 Å². The van der Waals surface area contributed by atoms with Crippen LogP contribution < -0.4 is 0 Å². The highest BCUT2D eigenvalue weighted by molar-refractivity contribution is 8.00. The van der Waals surface area contributed by atoms with Crippen molar-refractivity contribution in [3.8, 4) is 6.07 Å². The van der Waals surface area contributed by atoms with Crippen LogP contribution in [0.15, 0.2) is 53.1 Å². The van der Waals surface area contributed by atoms with E-state index >= 15 is 0 Å². The Labute approximate surface area is 166 Å². The number of imidazole rings is 1. The molecule has 0 saturated carbocycles. The minimum atomic E-state index is -0.473. The lowest BCUT2D eigenvalue weighted by molar-refractivity contribution is -0.140. The normalized spacial score (nSPS) is 11.8. The van der Waals surface area contributed by atoms with Crippen molar-refractivity contribution in [2.75, 3.05) is 12.4 Å². The Morgan fingerprint density at radius 3 is 2.82 bits per heavy atom. The van der Waals surface area contributed by atoms with Crippen molar-refractivity contribution in [3.05, 3.63) is 65.2 Å². The van der Waals surface area contributed by atoms with Crippen LogP contribution in [0.2, 0.25) is 0 Å². The number of thioether (sulfide) groups is 1. The Bertz CT molecular complexity index is 1060. The van der Waals surface area contributed by atoms with Crippen LogP contribution in [0.25, 0.3) is 16.6 Å². The molecule has 7 heteroatoms. The number of aliphatic hydroxyl groups excluding tert-OH is 1. The van der Waals surface area contributed by atoms with E-state index in [1.807, 2.05) is 56.3 Å². The second-order valence-corrected chi connectivity index (χ2v) is 7.27. The number of hydrogen-bond donors (Lipinski definition) is 2. The third-order valence-electron chi connectivity index (χ3n) is 4.09. The first-order valence-corrected chi connectivity index (χ1v) is 9.59. The summed E-state index contributed by atoms with van der Waals surface area (Å²) in [6.07, 6.45) is 0. The van der Waals surface area contributed by atoms with E-state index in [9.17, 15) is 15.2 Å². The summed E-state index contributed by atoms with van der Waals surface area (Å²) in [6, 6.07) is 15.2. The zero-order chi connectivity index (χ0) is 20.1. The molecule has 0 atom stereocenters. The lowest BCUT2D eigenvalue weighted by Crippen LogP contribution is -2.11. The number of allylic oxidation sites excluding steroid dienone is 1. The van der Waals surface area contributed by atoms with Crippen molar-refractivity contribution in [2.45, 2.75) is 18.7 Å². The van der Waals surface area contributed by atoms with E-state index in [0.29, 0.717) is 5.52 Å². The summed E-state index contributed by atoms with van der Waals surface area (Å²) in [7, 11) is 0. The average molecular weight is 393 g/mol. The van der Waals surface area contributed by atoms with Gasteiger partial charge in [0, 0.05) is 4.90 Å². The second-order valence-electron chi connectivity index (χ2n) is 6.25. The highest BCUT2D eigenvalue weighted by Gasteiger charge is 2.15. The molecule has 6 nitrogen and oxygen atoms in total. The number of nitriles is 1. The van der Waals surface area contributed by atoms with Gasteiger partial charge in [-0.3, -0.25) is 4.79 Å². The van der Waals surface area contributed by atoms with Gasteiger partial charge in [-0.15, -0.1) is 11.8 Å². The quantitative estimate of drug-likeness (QED) is 0.280. The standard InChI is InChI=1S/C21H19N3O3S/c1-13-7-8-14(2)19(9-13)28-12-20(26)27-11-18(25)15(10-22)21-23-16-5-3-4-6-17(16)24-21/h3-9,25H,11-12H2,1-2H3,(H,23,24)/b18-15-. The number of rotatable bonds is 6. The van der Waals surface area contributed by atoms with Gasteiger partial charge in [0.2, 0.25) is 0 Å². The maximum atomic E-state index is 12.0. The van der Waals surface area contributed by atoms with Gasteiger partial charge >= 0.3 is 5.97 Å². The van der Waals surface area contributed by atoms with Crippen molar-refractivity contribution in [3.63, 3.8) is 0 Å². The molecule has 0 spiro atoms. The number of ether oxygens (including phenoxy) is 1. The fourth-order valence-corrected chi connectivity index (χ4v) is 3.51. The van der Waals surface area contributed by atoms with Gasteiger partial charge in [0.05, 0.1) is 16.8 Å². The predicted molar refractivity (Wildman–Crippen MR) is 109 cm³/mol. The summed E-state index contributed by atoms with van der Waals surface area (Å²) in [5.41, 5.74) is 3.58. The molecule has 0 fully saturated rings. The van der Waals surface area contributed by atoms with Crippen LogP contribution in [0.4, 0.5) is 0 Å². The van der Waals surface area contributed by atoms with Crippen LogP contribution >= 0.6 is 11.8 Å². The Hall–Kier alpha value is -3.24. The third kappa shape index (κ3) is 4.53. The molecule has 0 unspecified atom stereocenters. The zero-order valence-electron chi connectivity index (χ0n) is 15.5. The molecule has 0 aliphatic rings. The van der Waals surface area contributed by atoms with Crippen molar-refractivity contribution >= 4 is 34.3 Å². The highest BCUT2D eigenvalue weighted by atomic mass is 32.2. The molecule has 0 radical (unpaired) electrons. The lowest BCUT2D eigenvalue weighted by atomic mass is 10.2. The number of aromatic amines is 1. The number of para-hydroxylation sites is 2. The fraction of sp³-hybridized carbons (Fsp3) is 0.190. The number of esters is 1. The SMILES string of the molecule is Cc1ccc(C)c(SCC(=O)OC/C(O)=C(\C#N)c2nc3ccccc3[nH]2)c1. The summed E-state index contributed by atoms with van der Waals surface area (Å²) in [4.78, 5) is 20.3. The van der Waals surface area contributed by atoms with Crippen molar-refractivity contribution in [2.24, 2.45) is 0 Å². The van der Waals surface area contributed by atoms with E-state index in [1.54, 1.807) is 6.07 Å². The number of nitrogens with zero attached hydrogens (tertiary/aromatic N) is 2. The zero-order valence-corrected chi connectivity index (χ0v) is 16.3. The minimum absolute atomic E-state index is 0.0498. The van der Waals surface area contributed by atoms with Crippen LogP contribution in [-0.4, -0.2) is 33.4 Å². The molecular weight excluding hydrogens is 374 g/mol. The summed E-state index contributed by atoms with van der Waals surface area (Å²) in [5.74, 6) is -0.461. The first-order chi connectivity index (χ1) is 13.5. The topological polar surface area (TPSA) is 99.0 Å². The molecule has 142 valence electrons. The van der Waals surface area contributed by atoms with Gasteiger partial charge in [0.1, 0.15) is 18.2 Å². The Morgan fingerprint density at radius 1 is 1.29 bits per heavy atom. The number of aromatic nitrogens is 2. The van der Waals surface area contributed by atoms with Crippen LogP contribution in [0.5, 0.6) is 0 Å². The monoisotopic (exact) mass is 393 g/mol. The van der Waals surface area contributed by atoms with E-state index in [4.69, 9.17) is 4.74 Å². The highest BCUT2D eigenvalue weighted by Crippen LogP contribution is 2.24. The molecule has 3 rings (SSSR count). The largest absolute Gasteiger partial charge is 0.507 e. The van der Waals surface area contributed by atoms with Crippen molar-refractivity contribution in [1.29, 1.82) is 5.26 Å². The van der Waals surface area contributed by atoms with Gasteiger partial charge in [-0.05, 0) is 37.6 Å². The molecule has 3 aromatic rings. The first kappa shape index (κ1) is 19.5. The third-order valence-corrected chi connectivity index (χ3v) is 5.22. The van der Waals surface area contributed by atoms with E-state index in [2.05, 4.69) is 9.97 Å². The fourth-order valence-electron chi connectivity index (χ4n) is 2.59. The van der Waals surface area contributed by atoms with Gasteiger partial charge in [0.15, 0.2) is 11.6 Å². The molecular formula is C21H19N3O3S. The van der Waals surface area contributed by atoms with Gasteiger partial charge < -0.3 is 14.8 Å². The number of hydrogen-bond acceptors (Lipinski definition) is 6. The maximum Gasteiger partial charge on any atom is 0.316 e. The molecule has 1 heterocycles. The van der Waals surface area contributed by atoms with Gasteiger partial charge in [0.25, 0.3) is 0 Å². The smallest absolute Gasteiger partial charge is 0.316 e. The summed E-state index contributed by atoms with van der Waals surface area (Å²) in [5, 5.41) is 19.6. The number of nitrogens with one attached hydrogen (secondary N) is 1. The van der Waals surface area contributed by atoms with E-state index in [-0.39, 0.29) is 29.5 Å². The number of carbonyl (C=O) groups excluding carboxylic acids is 1. The number of carbonyl (C=O) groups is 1. The van der Waals surface area contributed by atoms with E-state index in [1.165, 1.54) is 11.8 Å². The molecule has 0 aliphatic heterocycles. The van der Waals surface area contributed by atoms with Gasteiger partial charge in [-0.25, -0.2) is 4.98 Å². The van der Waals surface area contributed by atoms with Crippen LogP contribution in [0.1, 0.15) is 17.0 Å². The second kappa shape index (κ2) is 8.63. The molecule has 28 heavy (non-hydrogen) atoms. The number of benzene rings is 2. The Kier molecular flexibility index (Phi) is 6.02. The summed E-state index contributed by atoms with van der Waals surface area (Å²) < 4.78 is 5.11. The van der Waals surface area contributed by atoms with Crippen molar-refractivity contribution < 1.29 is 14.6 Å². The number of H-pyrrole nitrogens is 1. The number of aliphatic hydroxyl groups is 1. The Morgan fingerprint density at radius 2 is 2.07 bits per heavy atom. The predicted octanol–water partition coefficient (Wildman–Crippen LogP) is 4.31. The molecule has 0 amide bonds. The Balaban J connectivity index is 1.64. The van der Waals surface area contributed by atoms with Crippen LogP contribution in [0.3, 0.4) is 0 Å². The van der Waals surface area contributed by atoms with Crippen LogP contribution in [-0.2, 0) is 9.53 Å². The van der Waals surface area contributed by atoms with Gasteiger partial charge in [-0.2, -0.15) is 5.26 Å². The molecule has 0 bridgehead atoms. The van der Waals surface area contributed by atoms with Gasteiger partial charge in [-0.1, -0.05) is 29.8 Å². The first-order valence-electron chi connectivity index (χ1n) is 8.61. The molecule has 1 aromatic heterocycles. The van der Waals surface area contributed by atoms with Crippen LogP contribution in [0, 0.1) is 25.2 Å². The molecule has 2 aromatic carbocycles. The van der Waals surface area contributed by atoms with Crippen molar-refractivity contribution in [1.82, 2.24) is 9.97 Å². The maximum absolute atomic E-state index is 12.0. The number of fused-ring (bicyclic) bond motifs is 1. The average Bonchev–Trinajstić information content (AvgIpc) is 3.11.